The molecule has 128 valence electrons. The number of nitrogens with zero attached hydrogens (tertiary/aromatic N) is 3. The van der Waals surface area contributed by atoms with E-state index in [1.54, 1.807) is 30.3 Å². The lowest BCUT2D eigenvalue weighted by molar-refractivity contribution is 0.0697. The quantitative estimate of drug-likeness (QED) is 0.767. The van der Waals surface area contributed by atoms with E-state index in [-0.39, 0.29) is 11.4 Å². The number of nitrogens with one attached hydrogen (secondary N) is 1. The van der Waals surface area contributed by atoms with Gasteiger partial charge in [0.2, 0.25) is 5.95 Å². The number of carboxylic acid groups (broad SMARTS) is 1. The van der Waals surface area contributed by atoms with Crippen LogP contribution in [-0.4, -0.2) is 47.2 Å². The molecule has 0 unspecified atom stereocenters. The highest BCUT2D eigenvalue weighted by molar-refractivity contribution is 5.92. The Bertz CT molecular complexity index is 914. The van der Waals surface area contributed by atoms with E-state index in [0.717, 1.165) is 48.8 Å². The van der Waals surface area contributed by atoms with Gasteiger partial charge in [0.25, 0.3) is 0 Å². The molecule has 7 heteroatoms. The summed E-state index contributed by atoms with van der Waals surface area (Å²) < 4.78 is 13.0. The van der Waals surface area contributed by atoms with Crippen LogP contribution in [0, 0.1) is 5.82 Å². The summed E-state index contributed by atoms with van der Waals surface area (Å²) in [4.78, 5) is 23.2. The number of benzene rings is 2. The predicted molar refractivity (Wildman–Crippen MR) is 93.9 cm³/mol. The Morgan fingerprint density at radius 3 is 2.40 bits per heavy atom. The lowest BCUT2D eigenvalue weighted by Crippen LogP contribution is -2.46. The molecule has 0 saturated carbocycles. The van der Waals surface area contributed by atoms with Crippen LogP contribution in [0.25, 0.3) is 11.0 Å². The van der Waals surface area contributed by atoms with E-state index in [9.17, 15) is 9.18 Å². The van der Waals surface area contributed by atoms with Crippen molar-refractivity contribution in [2.45, 2.75) is 0 Å². The highest BCUT2D eigenvalue weighted by atomic mass is 19.1. The molecule has 2 aromatic carbocycles. The van der Waals surface area contributed by atoms with Crippen molar-refractivity contribution in [3.8, 4) is 0 Å². The maximum atomic E-state index is 13.0. The van der Waals surface area contributed by atoms with E-state index in [1.165, 1.54) is 12.1 Å². The number of fused-ring (bicyclic) bond motifs is 1. The minimum Gasteiger partial charge on any atom is -0.478 e. The van der Waals surface area contributed by atoms with Gasteiger partial charge in [0.15, 0.2) is 0 Å². The number of piperazine rings is 1. The number of imidazole rings is 1. The lowest BCUT2D eigenvalue weighted by Gasteiger charge is -2.36. The Morgan fingerprint density at radius 2 is 1.72 bits per heavy atom. The summed E-state index contributed by atoms with van der Waals surface area (Å²) in [6, 6.07) is 11.4. The van der Waals surface area contributed by atoms with Crippen molar-refractivity contribution in [2.75, 3.05) is 36.0 Å². The number of carbonyl (C=O) groups is 1. The van der Waals surface area contributed by atoms with Gasteiger partial charge in [0, 0.05) is 31.9 Å². The second-order valence-electron chi connectivity index (χ2n) is 6.05. The van der Waals surface area contributed by atoms with Gasteiger partial charge in [-0.2, -0.15) is 0 Å². The molecule has 0 amide bonds. The molecule has 2 heterocycles. The van der Waals surface area contributed by atoms with E-state index >= 15 is 0 Å². The molecule has 1 aliphatic heterocycles. The van der Waals surface area contributed by atoms with Crippen LogP contribution in [0.15, 0.2) is 42.5 Å². The second-order valence-corrected chi connectivity index (χ2v) is 6.05. The molecule has 0 atom stereocenters. The molecule has 0 spiro atoms. The number of H-pyrrole nitrogens is 1. The van der Waals surface area contributed by atoms with Crippen LogP contribution in [0.5, 0.6) is 0 Å². The fourth-order valence-corrected chi connectivity index (χ4v) is 3.11. The van der Waals surface area contributed by atoms with Gasteiger partial charge in [0.1, 0.15) is 5.82 Å². The van der Waals surface area contributed by atoms with Crippen molar-refractivity contribution >= 4 is 28.6 Å². The first-order valence-corrected chi connectivity index (χ1v) is 8.09. The lowest BCUT2D eigenvalue weighted by atomic mass is 10.2. The van der Waals surface area contributed by atoms with Crippen molar-refractivity contribution < 1.29 is 14.3 Å². The van der Waals surface area contributed by atoms with Gasteiger partial charge >= 0.3 is 5.97 Å². The minimum atomic E-state index is -0.953. The van der Waals surface area contributed by atoms with Crippen LogP contribution in [0.3, 0.4) is 0 Å². The van der Waals surface area contributed by atoms with Crippen LogP contribution in [0.1, 0.15) is 10.4 Å². The van der Waals surface area contributed by atoms with Gasteiger partial charge in [-0.15, -0.1) is 0 Å². The molecule has 2 N–H and O–H groups in total. The van der Waals surface area contributed by atoms with Gasteiger partial charge in [-0.25, -0.2) is 14.2 Å². The molecule has 1 aromatic heterocycles. The summed E-state index contributed by atoms with van der Waals surface area (Å²) in [7, 11) is 0. The van der Waals surface area contributed by atoms with Gasteiger partial charge in [-0.1, -0.05) is 0 Å². The van der Waals surface area contributed by atoms with Gasteiger partial charge in [0.05, 0.1) is 16.6 Å². The zero-order valence-corrected chi connectivity index (χ0v) is 13.4. The van der Waals surface area contributed by atoms with E-state index in [0.29, 0.717) is 0 Å². The number of anilines is 2. The predicted octanol–water partition coefficient (Wildman–Crippen LogP) is 2.73. The average molecular weight is 340 g/mol. The monoisotopic (exact) mass is 340 g/mol. The van der Waals surface area contributed by atoms with Crippen molar-refractivity contribution in [1.29, 1.82) is 0 Å². The third-order valence-electron chi connectivity index (χ3n) is 4.49. The Balaban J connectivity index is 1.49. The molecule has 6 nitrogen and oxygen atoms in total. The fourth-order valence-electron chi connectivity index (χ4n) is 3.11. The molecule has 0 radical (unpaired) electrons. The largest absolute Gasteiger partial charge is 0.478 e. The number of hydrogen-bond acceptors (Lipinski definition) is 4. The number of aromatic amines is 1. The standard InChI is InChI=1S/C18H17FN4O2/c19-13-2-4-14(5-3-13)22-7-9-23(10-8-22)18-20-15-6-1-12(17(24)25)11-16(15)21-18/h1-6,11H,7-10H2,(H,20,21)(H,24,25). The third kappa shape index (κ3) is 3.00. The van der Waals surface area contributed by atoms with Crippen molar-refractivity contribution in [1.82, 2.24) is 9.97 Å². The molecule has 1 fully saturated rings. The number of hydrogen-bond donors (Lipinski definition) is 2. The van der Waals surface area contributed by atoms with E-state index in [1.807, 2.05) is 0 Å². The molecule has 3 aromatic rings. The number of aromatic carboxylic acids is 1. The first-order chi connectivity index (χ1) is 12.1. The summed E-state index contributed by atoms with van der Waals surface area (Å²) in [5.41, 5.74) is 2.72. The summed E-state index contributed by atoms with van der Waals surface area (Å²) in [6.07, 6.45) is 0. The number of aromatic nitrogens is 2. The Morgan fingerprint density at radius 1 is 1.04 bits per heavy atom. The molecule has 1 aliphatic rings. The molecule has 25 heavy (non-hydrogen) atoms. The van der Waals surface area contributed by atoms with Crippen LogP contribution in [0.2, 0.25) is 0 Å². The summed E-state index contributed by atoms with van der Waals surface area (Å²) in [5.74, 6) is -0.437. The summed E-state index contributed by atoms with van der Waals surface area (Å²) in [5, 5.41) is 9.08. The summed E-state index contributed by atoms with van der Waals surface area (Å²) >= 11 is 0. The zero-order valence-electron chi connectivity index (χ0n) is 13.4. The highest BCUT2D eigenvalue weighted by Crippen LogP contribution is 2.22. The van der Waals surface area contributed by atoms with Crippen LogP contribution in [-0.2, 0) is 0 Å². The number of carboxylic acids is 1. The smallest absolute Gasteiger partial charge is 0.335 e. The first-order valence-electron chi connectivity index (χ1n) is 8.09. The SMILES string of the molecule is O=C(O)c1ccc2nc(N3CCN(c4ccc(F)cc4)CC3)[nH]c2c1. The van der Waals surface area contributed by atoms with Crippen molar-refractivity contribution in [3.63, 3.8) is 0 Å². The van der Waals surface area contributed by atoms with Gasteiger partial charge in [-0.3, -0.25) is 0 Å². The van der Waals surface area contributed by atoms with Crippen molar-refractivity contribution in [2.24, 2.45) is 0 Å². The number of rotatable bonds is 3. The molecular formula is C18H17FN4O2. The molecular weight excluding hydrogens is 323 g/mol. The normalized spacial score (nSPS) is 14.9. The maximum Gasteiger partial charge on any atom is 0.335 e. The molecule has 0 bridgehead atoms. The molecule has 0 aliphatic carbocycles. The van der Waals surface area contributed by atoms with Crippen LogP contribution in [0.4, 0.5) is 16.0 Å². The van der Waals surface area contributed by atoms with Crippen molar-refractivity contribution in [3.05, 3.63) is 53.8 Å². The fraction of sp³-hybridized carbons (Fsp3) is 0.222. The minimum absolute atomic E-state index is 0.231. The highest BCUT2D eigenvalue weighted by Gasteiger charge is 2.20. The van der Waals surface area contributed by atoms with E-state index in [2.05, 4.69) is 19.8 Å². The Hall–Kier alpha value is -3.09. The third-order valence-corrected chi connectivity index (χ3v) is 4.49. The second kappa shape index (κ2) is 6.08. The maximum absolute atomic E-state index is 13.0. The van der Waals surface area contributed by atoms with E-state index < -0.39 is 5.97 Å². The molecule has 4 rings (SSSR count). The average Bonchev–Trinajstić information content (AvgIpc) is 3.05. The Kier molecular flexibility index (Phi) is 3.76. The zero-order chi connectivity index (χ0) is 17.4. The van der Waals surface area contributed by atoms with Crippen LogP contribution >= 0.6 is 0 Å². The van der Waals surface area contributed by atoms with Gasteiger partial charge in [-0.05, 0) is 42.5 Å². The van der Waals surface area contributed by atoms with Crippen LogP contribution < -0.4 is 9.80 Å². The van der Waals surface area contributed by atoms with E-state index in [4.69, 9.17) is 5.11 Å². The first kappa shape index (κ1) is 15.4. The number of halogens is 1. The topological polar surface area (TPSA) is 72.5 Å². The van der Waals surface area contributed by atoms with Gasteiger partial charge < -0.3 is 19.9 Å². The Labute approximate surface area is 143 Å². The molecule has 1 saturated heterocycles. The summed E-state index contributed by atoms with van der Waals surface area (Å²) in [6.45, 7) is 3.18.